The standard InChI is InChI=1S/C46H85NO8/c1-3-5-7-9-11-13-14-15-16-17-18-19-20-21-22-23-24-25-26-28-30-32-34-36-42(50)47-39(40(49)35-33-31-29-27-12-10-8-6-4-2)38-54-46-45(53)44(52)43(51)41(37-48)55-46/h15-16,29,31,33,35,39-41,43-46,48-49,51-53H,3-14,17-28,30,32,34,36-38H2,1-2H3,(H,47,50)/b16-15+,31-29+,35-33+/t39-,40+,41-,43-,44?,45?,46-/m0/s1. The number of aliphatic hydroxyl groups excluding tert-OH is 5. The van der Waals surface area contributed by atoms with Crippen molar-refractivity contribution in [3.05, 3.63) is 36.5 Å². The van der Waals surface area contributed by atoms with Crippen LogP contribution < -0.4 is 5.32 Å². The molecule has 0 saturated carbocycles. The summed E-state index contributed by atoms with van der Waals surface area (Å²) in [6, 6.07) is -0.833. The molecule has 1 fully saturated rings. The van der Waals surface area contributed by atoms with Gasteiger partial charge in [-0.2, -0.15) is 0 Å². The lowest BCUT2D eigenvalue weighted by Crippen LogP contribution is -2.60. The van der Waals surface area contributed by atoms with Gasteiger partial charge in [0, 0.05) is 6.42 Å². The summed E-state index contributed by atoms with van der Waals surface area (Å²) in [4.78, 5) is 12.9. The maximum absolute atomic E-state index is 12.9. The van der Waals surface area contributed by atoms with E-state index in [0.29, 0.717) is 6.42 Å². The quantitative estimate of drug-likeness (QED) is 0.0208. The molecular formula is C46H85NO8. The molecule has 0 aromatic carbocycles. The minimum atomic E-state index is -1.57. The summed E-state index contributed by atoms with van der Waals surface area (Å²) >= 11 is 0. The van der Waals surface area contributed by atoms with Gasteiger partial charge in [0.25, 0.3) is 0 Å². The van der Waals surface area contributed by atoms with E-state index < -0.39 is 49.5 Å². The van der Waals surface area contributed by atoms with Crippen LogP contribution in [0.3, 0.4) is 0 Å². The first kappa shape index (κ1) is 51.4. The molecule has 7 atom stereocenters. The van der Waals surface area contributed by atoms with Crippen LogP contribution in [0.1, 0.15) is 194 Å². The van der Waals surface area contributed by atoms with Crippen molar-refractivity contribution < 1.29 is 39.8 Å². The van der Waals surface area contributed by atoms with Gasteiger partial charge >= 0.3 is 0 Å². The van der Waals surface area contributed by atoms with Crippen LogP contribution in [0, 0.1) is 0 Å². The summed E-state index contributed by atoms with van der Waals surface area (Å²) in [5.74, 6) is -0.197. The first-order valence-corrected chi connectivity index (χ1v) is 22.7. The Morgan fingerprint density at radius 1 is 0.618 bits per heavy atom. The van der Waals surface area contributed by atoms with Gasteiger partial charge in [-0.05, 0) is 44.9 Å². The van der Waals surface area contributed by atoms with Crippen molar-refractivity contribution >= 4 is 5.91 Å². The zero-order valence-corrected chi connectivity index (χ0v) is 35.2. The monoisotopic (exact) mass is 780 g/mol. The van der Waals surface area contributed by atoms with Crippen molar-refractivity contribution in [2.75, 3.05) is 13.2 Å². The zero-order chi connectivity index (χ0) is 40.2. The first-order valence-electron chi connectivity index (χ1n) is 22.7. The van der Waals surface area contributed by atoms with E-state index in [1.807, 2.05) is 6.08 Å². The van der Waals surface area contributed by atoms with Crippen LogP contribution in [-0.4, -0.2) is 87.5 Å². The third kappa shape index (κ3) is 27.6. The molecule has 0 aliphatic carbocycles. The second kappa shape index (κ2) is 36.7. The molecule has 9 nitrogen and oxygen atoms in total. The Bertz CT molecular complexity index is 956. The van der Waals surface area contributed by atoms with Crippen LogP contribution in [0.4, 0.5) is 0 Å². The summed E-state index contributed by atoms with van der Waals surface area (Å²) in [7, 11) is 0. The molecule has 9 heteroatoms. The van der Waals surface area contributed by atoms with E-state index >= 15 is 0 Å². The van der Waals surface area contributed by atoms with Gasteiger partial charge in [-0.3, -0.25) is 4.79 Å². The van der Waals surface area contributed by atoms with Crippen LogP contribution >= 0.6 is 0 Å². The number of nitrogens with one attached hydrogen (secondary N) is 1. The van der Waals surface area contributed by atoms with Gasteiger partial charge in [0.05, 0.1) is 25.4 Å². The molecule has 0 aromatic heterocycles. The Hall–Kier alpha value is -1.59. The summed E-state index contributed by atoms with van der Waals surface area (Å²) in [5.41, 5.74) is 0. The van der Waals surface area contributed by atoms with E-state index in [0.717, 1.165) is 32.1 Å². The highest BCUT2D eigenvalue weighted by Gasteiger charge is 2.44. The Morgan fingerprint density at radius 3 is 1.56 bits per heavy atom. The van der Waals surface area contributed by atoms with Crippen LogP contribution in [-0.2, 0) is 14.3 Å². The largest absolute Gasteiger partial charge is 0.394 e. The Morgan fingerprint density at radius 2 is 1.07 bits per heavy atom. The average molecular weight is 780 g/mol. The minimum Gasteiger partial charge on any atom is -0.394 e. The number of hydrogen-bond donors (Lipinski definition) is 6. The summed E-state index contributed by atoms with van der Waals surface area (Å²) in [6.07, 6.45) is 37.9. The Balaban J connectivity index is 2.25. The third-order valence-electron chi connectivity index (χ3n) is 10.7. The number of amides is 1. The highest BCUT2D eigenvalue weighted by molar-refractivity contribution is 5.76. The number of carbonyl (C=O) groups excluding carboxylic acids is 1. The van der Waals surface area contributed by atoms with Gasteiger partial charge in [-0.25, -0.2) is 0 Å². The second-order valence-electron chi connectivity index (χ2n) is 15.9. The van der Waals surface area contributed by atoms with E-state index in [-0.39, 0.29) is 12.5 Å². The van der Waals surface area contributed by atoms with Crippen LogP contribution in [0.25, 0.3) is 0 Å². The summed E-state index contributed by atoms with van der Waals surface area (Å²) in [6.45, 7) is 3.69. The smallest absolute Gasteiger partial charge is 0.220 e. The van der Waals surface area contributed by atoms with Crippen molar-refractivity contribution in [1.82, 2.24) is 5.32 Å². The third-order valence-corrected chi connectivity index (χ3v) is 10.7. The number of ether oxygens (including phenoxy) is 2. The fourth-order valence-electron chi connectivity index (χ4n) is 7.03. The molecule has 1 aliphatic rings. The van der Waals surface area contributed by atoms with E-state index in [2.05, 4.69) is 37.4 Å². The number of allylic oxidation sites excluding steroid dienone is 5. The van der Waals surface area contributed by atoms with E-state index in [9.17, 15) is 30.3 Å². The fourth-order valence-corrected chi connectivity index (χ4v) is 7.03. The number of rotatable bonds is 37. The molecule has 2 unspecified atom stereocenters. The summed E-state index contributed by atoms with van der Waals surface area (Å²) in [5, 5.41) is 53.9. The normalized spacial score (nSPS) is 21.6. The van der Waals surface area contributed by atoms with Crippen molar-refractivity contribution in [1.29, 1.82) is 0 Å². The molecule has 1 amide bonds. The lowest BCUT2D eigenvalue weighted by Gasteiger charge is -2.40. The molecule has 0 aromatic rings. The van der Waals surface area contributed by atoms with Crippen LogP contribution in [0.2, 0.25) is 0 Å². The number of unbranched alkanes of at least 4 members (excludes halogenated alkanes) is 24. The zero-order valence-electron chi connectivity index (χ0n) is 35.2. The Labute approximate surface area is 336 Å². The Kier molecular flexibility index (Phi) is 34.3. The van der Waals surface area contributed by atoms with Gasteiger partial charge in [-0.1, -0.05) is 179 Å². The molecule has 322 valence electrons. The maximum Gasteiger partial charge on any atom is 0.220 e. The molecule has 1 rings (SSSR count). The molecule has 1 saturated heterocycles. The summed E-state index contributed by atoms with van der Waals surface area (Å²) < 4.78 is 11.1. The lowest BCUT2D eigenvalue weighted by atomic mass is 9.99. The lowest BCUT2D eigenvalue weighted by molar-refractivity contribution is -0.302. The minimum absolute atomic E-state index is 0.197. The van der Waals surface area contributed by atoms with Gasteiger partial charge in [0.15, 0.2) is 6.29 Å². The molecule has 55 heavy (non-hydrogen) atoms. The SMILES string of the molecule is CCCCCCC/C=C/C=C/[C@@H](O)[C@H](CO[C@H]1O[C@@H](CO)[C@H](O)C(O)C1O)NC(=O)CCCCCCCCCCCCCCC/C=C/CCCCCCCC. The second-order valence-corrected chi connectivity index (χ2v) is 15.9. The van der Waals surface area contributed by atoms with Gasteiger partial charge in [0.2, 0.25) is 5.91 Å². The van der Waals surface area contributed by atoms with Crippen molar-refractivity contribution in [3.63, 3.8) is 0 Å². The molecular weight excluding hydrogens is 695 g/mol. The number of carbonyl (C=O) groups is 1. The average Bonchev–Trinajstić information content (AvgIpc) is 3.18. The molecule has 0 bridgehead atoms. The van der Waals surface area contributed by atoms with Gasteiger partial charge in [-0.15, -0.1) is 0 Å². The van der Waals surface area contributed by atoms with Crippen molar-refractivity contribution in [3.8, 4) is 0 Å². The number of hydrogen-bond acceptors (Lipinski definition) is 8. The molecule has 6 N–H and O–H groups in total. The first-order chi connectivity index (χ1) is 26.8. The topological polar surface area (TPSA) is 149 Å². The fraction of sp³-hybridized carbons (Fsp3) is 0.848. The van der Waals surface area contributed by atoms with E-state index in [1.54, 1.807) is 12.2 Å². The van der Waals surface area contributed by atoms with Crippen molar-refractivity contribution in [2.24, 2.45) is 0 Å². The van der Waals surface area contributed by atoms with Gasteiger partial charge < -0.3 is 40.3 Å². The maximum atomic E-state index is 12.9. The molecule has 1 aliphatic heterocycles. The highest BCUT2D eigenvalue weighted by Crippen LogP contribution is 2.22. The highest BCUT2D eigenvalue weighted by atomic mass is 16.7. The van der Waals surface area contributed by atoms with E-state index in [4.69, 9.17) is 9.47 Å². The molecule has 0 spiro atoms. The predicted molar refractivity (Wildman–Crippen MR) is 226 cm³/mol. The molecule has 0 radical (unpaired) electrons. The van der Waals surface area contributed by atoms with Gasteiger partial charge in [0.1, 0.15) is 24.4 Å². The predicted octanol–water partition coefficient (Wildman–Crippen LogP) is 9.28. The van der Waals surface area contributed by atoms with Crippen LogP contribution in [0.5, 0.6) is 0 Å². The van der Waals surface area contributed by atoms with E-state index in [1.165, 1.54) is 141 Å². The van der Waals surface area contributed by atoms with Crippen molar-refractivity contribution in [2.45, 2.75) is 236 Å². The number of aliphatic hydroxyl groups is 5. The molecule has 1 heterocycles. The van der Waals surface area contributed by atoms with Crippen LogP contribution in [0.15, 0.2) is 36.5 Å².